The van der Waals surface area contributed by atoms with Gasteiger partial charge in [0.05, 0.1) is 9.80 Å². The molecule has 0 unspecified atom stereocenters. The van der Waals surface area contributed by atoms with E-state index >= 15 is 0 Å². The van der Waals surface area contributed by atoms with Crippen LogP contribution in [0.1, 0.15) is 11.1 Å². The van der Waals surface area contributed by atoms with E-state index in [1.54, 1.807) is 30.3 Å². The topological polar surface area (TPSA) is 34.1 Å². The van der Waals surface area contributed by atoms with Gasteiger partial charge in [0.2, 0.25) is 9.84 Å². The van der Waals surface area contributed by atoms with Gasteiger partial charge in [0, 0.05) is 0 Å². The summed E-state index contributed by atoms with van der Waals surface area (Å²) in [6.45, 7) is 0. The maximum absolute atomic E-state index is 13.1. The first-order valence-electron chi connectivity index (χ1n) is 7.30. The SMILES string of the molecule is O=S(=O)(/C(=C/c1ccccc1)c1ccccc1)c1ccccc1. The molecule has 3 aromatic rings. The lowest BCUT2D eigenvalue weighted by Gasteiger charge is -2.10. The Hall–Kier alpha value is -2.65. The summed E-state index contributed by atoms with van der Waals surface area (Å²) in [4.78, 5) is 0.599. The normalized spacial score (nSPS) is 12.1. The van der Waals surface area contributed by atoms with Crippen molar-refractivity contribution in [2.75, 3.05) is 0 Å². The minimum Gasteiger partial charge on any atom is -0.218 e. The van der Waals surface area contributed by atoms with Crippen molar-refractivity contribution in [3.8, 4) is 0 Å². The van der Waals surface area contributed by atoms with E-state index in [9.17, 15) is 8.42 Å². The molecule has 2 nitrogen and oxygen atoms in total. The first-order valence-corrected chi connectivity index (χ1v) is 8.78. The Bertz CT molecular complexity index is 898. The molecular weight excluding hydrogens is 304 g/mol. The largest absolute Gasteiger partial charge is 0.218 e. The lowest BCUT2D eigenvalue weighted by atomic mass is 10.1. The van der Waals surface area contributed by atoms with E-state index < -0.39 is 9.84 Å². The Kier molecular flexibility index (Phi) is 4.40. The molecule has 3 rings (SSSR count). The van der Waals surface area contributed by atoms with E-state index in [1.165, 1.54) is 0 Å². The molecule has 0 aromatic heterocycles. The molecule has 0 spiro atoms. The highest BCUT2D eigenvalue weighted by atomic mass is 32.2. The zero-order valence-corrected chi connectivity index (χ0v) is 13.3. The number of hydrogen-bond acceptors (Lipinski definition) is 2. The van der Waals surface area contributed by atoms with Gasteiger partial charge < -0.3 is 0 Å². The molecule has 0 aliphatic heterocycles. The Morgan fingerprint density at radius 3 is 1.70 bits per heavy atom. The molecule has 0 aliphatic rings. The fourth-order valence-corrected chi connectivity index (χ4v) is 3.85. The van der Waals surface area contributed by atoms with Gasteiger partial charge >= 0.3 is 0 Å². The molecule has 0 atom stereocenters. The summed E-state index contributed by atoms with van der Waals surface area (Å²) < 4.78 is 26.1. The van der Waals surface area contributed by atoms with Crippen LogP contribution in [0.25, 0.3) is 11.0 Å². The zero-order valence-electron chi connectivity index (χ0n) is 12.5. The second-order valence-electron chi connectivity index (χ2n) is 5.10. The van der Waals surface area contributed by atoms with Crippen molar-refractivity contribution in [3.05, 3.63) is 102 Å². The number of hydrogen-bond donors (Lipinski definition) is 0. The van der Waals surface area contributed by atoms with Gasteiger partial charge in [-0.2, -0.15) is 0 Å². The molecule has 0 heterocycles. The summed E-state index contributed by atoms with van der Waals surface area (Å²) >= 11 is 0. The van der Waals surface area contributed by atoms with Gasteiger partial charge in [-0.15, -0.1) is 0 Å². The quantitative estimate of drug-likeness (QED) is 0.655. The molecule has 0 radical (unpaired) electrons. The number of sulfone groups is 1. The summed E-state index contributed by atoms with van der Waals surface area (Å²) in [7, 11) is -3.59. The van der Waals surface area contributed by atoms with E-state index in [-0.39, 0.29) is 0 Å². The van der Waals surface area contributed by atoms with Crippen LogP contribution >= 0.6 is 0 Å². The van der Waals surface area contributed by atoms with E-state index in [4.69, 9.17) is 0 Å². The highest BCUT2D eigenvalue weighted by Crippen LogP contribution is 2.29. The van der Waals surface area contributed by atoms with Crippen LogP contribution < -0.4 is 0 Å². The molecule has 3 aromatic carbocycles. The van der Waals surface area contributed by atoms with Gasteiger partial charge in [0.1, 0.15) is 0 Å². The number of benzene rings is 3. The maximum Gasteiger partial charge on any atom is 0.207 e. The third-order valence-electron chi connectivity index (χ3n) is 3.50. The second-order valence-corrected chi connectivity index (χ2v) is 7.02. The Balaban J connectivity index is 2.19. The van der Waals surface area contributed by atoms with Crippen molar-refractivity contribution >= 4 is 20.8 Å². The monoisotopic (exact) mass is 320 g/mol. The van der Waals surface area contributed by atoms with Crippen molar-refractivity contribution in [3.63, 3.8) is 0 Å². The van der Waals surface area contributed by atoms with E-state index in [1.807, 2.05) is 66.7 Å². The van der Waals surface area contributed by atoms with Crippen molar-refractivity contribution < 1.29 is 8.42 Å². The van der Waals surface area contributed by atoms with Crippen molar-refractivity contribution in [2.24, 2.45) is 0 Å². The molecule has 0 aliphatic carbocycles. The van der Waals surface area contributed by atoms with Crippen LogP contribution in [0.5, 0.6) is 0 Å². The molecule has 114 valence electrons. The van der Waals surface area contributed by atoms with Crippen molar-refractivity contribution in [2.45, 2.75) is 4.90 Å². The van der Waals surface area contributed by atoms with Gasteiger partial charge in [-0.25, -0.2) is 8.42 Å². The van der Waals surface area contributed by atoms with Crippen molar-refractivity contribution in [1.82, 2.24) is 0 Å². The summed E-state index contributed by atoms with van der Waals surface area (Å²) in [6.07, 6.45) is 1.72. The molecule has 3 heteroatoms. The standard InChI is InChI=1S/C20H16O2S/c21-23(22,19-14-8-3-9-15-19)20(18-12-6-2-7-13-18)16-17-10-4-1-5-11-17/h1-16H/b20-16+. The van der Waals surface area contributed by atoms with Gasteiger partial charge in [0.15, 0.2) is 0 Å². The molecule has 0 amide bonds. The van der Waals surface area contributed by atoms with E-state index in [0.717, 1.165) is 5.56 Å². The molecular formula is C20H16O2S. The molecule has 0 fully saturated rings. The predicted octanol–water partition coefficient (Wildman–Crippen LogP) is 4.66. The minimum absolute atomic E-state index is 0.297. The van der Waals surface area contributed by atoms with Crippen LogP contribution in [-0.4, -0.2) is 8.42 Å². The molecule has 0 N–H and O–H groups in total. The Morgan fingerprint density at radius 2 is 1.13 bits per heavy atom. The average Bonchev–Trinajstić information content (AvgIpc) is 2.62. The van der Waals surface area contributed by atoms with Crippen molar-refractivity contribution in [1.29, 1.82) is 0 Å². The zero-order chi connectivity index (χ0) is 16.1. The van der Waals surface area contributed by atoms with Crippen LogP contribution in [-0.2, 0) is 9.84 Å². The number of rotatable bonds is 4. The van der Waals surface area contributed by atoms with Crippen LogP contribution in [0.4, 0.5) is 0 Å². The van der Waals surface area contributed by atoms with Crippen LogP contribution in [0.3, 0.4) is 0 Å². The van der Waals surface area contributed by atoms with Gasteiger partial charge in [0.25, 0.3) is 0 Å². The highest BCUT2D eigenvalue weighted by molar-refractivity contribution is 8.00. The maximum atomic E-state index is 13.1. The summed E-state index contributed by atoms with van der Waals surface area (Å²) in [5, 5.41) is 0. The van der Waals surface area contributed by atoms with Crippen LogP contribution in [0.2, 0.25) is 0 Å². The van der Waals surface area contributed by atoms with Crippen LogP contribution in [0, 0.1) is 0 Å². The van der Waals surface area contributed by atoms with Gasteiger partial charge in [-0.1, -0.05) is 78.9 Å². The molecule has 0 saturated carbocycles. The highest BCUT2D eigenvalue weighted by Gasteiger charge is 2.21. The van der Waals surface area contributed by atoms with E-state index in [2.05, 4.69) is 0 Å². The lowest BCUT2D eigenvalue weighted by molar-refractivity contribution is 0.606. The Labute approximate surface area is 136 Å². The smallest absolute Gasteiger partial charge is 0.207 e. The fourth-order valence-electron chi connectivity index (χ4n) is 2.35. The molecule has 23 heavy (non-hydrogen) atoms. The second kappa shape index (κ2) is 6.63. The molecule has 0 bridgehead atoms. The molecule has 0 saturated heterocycles. The lowest BCUT2D eigenvalue weighted by Crippen LogP contribution is -2.04. The third kappa shape index (κ3) is 3.41. The minimum atomic E-state index is -3.59. The summed E-state index contributed by atoms with van der Waals surface area (Å²) in [5.41, 5.74) is 1.53. The first-order chi connectivity index (χ1) is 11.2. The first kappa shape index (κ1) is 15.3. The third-order valence-corrected chi connectivity index (χ3v) is 5.32. The van der Waals surface area contributed by atoms with Gasteiger partial charge in [-0.05, 0) is 29.3 Å². The van der Waals surface area contributed by atoms with Gasteiger partial charge in [-0.3, -0.25) is 0 Å². The van der Waals surface area contributed by atoms with E-state index in [0.29, 0.717) is 15.4 Å². The van der Waals surface area contributed by atoms with Crippen LogP contribution in [0.15, 0.2) is 95.9 Å². The predicted molar refractivity (Wildman–Crippen MR) is 94.4 cm³/mol. The summed E-state index contributed by atoms with van der Waals surface area (Å²) in [5.74, 6) is 0. The fraction of sp³-hybridized carbons (Fsp3) is 0. The summed E-state index contributed by atoms with van der Waals surface area (Å²) in [6, 6.07) is 27.2. The Morgan fingerprint density at radius 1 is 0.652 bits per heavy atom. The average molecular weight is 320 g/mol.